The Hall–Kier alpha value is -2.84. The van der Waals surface area contributed by atoms with Crippen molar-refractivity contribution in [3.63, 3.8) is 0 Å². The lowest BCUT2D eigenvalue weighted by Gasteiger charge is -2.32. The monoisotopic (exact) mass is 408 g/mol. The highest BCUT2D eigenvalue weighted by molar-refractivity contribution is 5.97. The SMILES string of the molecule is COCCN(C)C(=O)c1ncn2c(C3CCN(Cc4ccncc4)CC3)ccnc12. The number of amides is 1. The van der Waals surface area contributed by atoms with Crippen molar-refractivity contribution in [2.24, 2.45) is 0 Å². The summed E-state index contributed by atoms with van der Waals surface area (Å²) in [5, 5.41) is 0. The van der Waals surface area contributed by atoms with Gasteiger partial charge in [0.2, 0.25) is 0 Å². The lowest BCUT2D eigenvalue weighted by atomic mass is 9.93. The van der Waals surface area contributed by atoms with E-state index in [2.05, 4.69) is 38.1 Å². The van der Waals surface area contributed by atoms with Crippen LogP contribution in [0.2, 0.25) is 0 Å². The molecular formula is C22H28N6O2. The van der Waals surface area contributed by atoms with Gasteiger partial charge in [0.15, 0.2) is 11.3 Å². The maximum Gasteiger partial charge on any atom is 0.276 e. The third-order valence-corrected chi connectivity index (χ3v) is 5.80. The Morgan fingerprint density at radius 3 is 2.67 bits per heavy atom. The molecule has 0 aromatic carbocycles. The van der Waals surface area contributed by atoms with Gasteiger partial charge in [0.1, 0.15) is 6.33 Å². The van der Waals surface area contributed by atoms with E-state index in [4.69, 9.17) is 4.74 Å². The Morgan fingerprint density at radius 1 is 1.17 bits per heavy atom. The van der Waals surface area contributed by atoms with Gasteiger partial charge in [-0.1, -0.05) is 0 Å². The van der Waals surface area contributed by atoms with Crippen LogP contribution in [-0.4, -0.2) is 75.5 Å². The zero-order chi connectivity index (χ0) is 20.9. The molecule has 1 aliphatic rings. The van der Waals surface area contributed by atoms with Gasteiger partial charge in [-0.3, -0.25) is 19.1 Å². The van der Waals surface area contributed by atoms with Gasteiger partial charge >= 0.3 is 0 Å². The number of pyridine rings is 1. The average Bonchev–Trinajstić information content (AvgIpc) is 3.22. The lowest BCUT2D eigenvalue weighted by Crippen LogP contribution is -2.33. The number of methoxy groups -OCH3 is 1. The first-order valence-electron chi connectivity index (χ1n) is 10.3. The zero-order valence-corrected chi connectivity index (χ0v) is 17.6. The molecule has 0 saturated carbocycles. The number of imidazole rings is 1. The molecule has 0 aliphatic carbocycles. The Kier molecular flexibility index (Phi) is 6.35. The largest absolute Gasteiger partial charge is 0.383 e. The minimum atomic E-state index is -0.133. The summed E-state index contributed by atoms with van der Waals surface area (Å²) in [7, 11) is 3.38. The molecule has 0 spiro atoms. The number of ether oxygens (including phenoxy) is 1. The first kappa shape index (κ1) is 20.4. The molecule has 1 amide bonds. The van der Waals surface area contributed by atoms with E-state index in [1.54, 1.807) is 31.6 Å². The first-order chi connectivity index (χ1) is 14.7. The number of likely N-dealkylation sites (N-methyl/N-ethyl adjacent to an activating group) is 1. The molecule has 158 valence electrons. The molecule has 0 unspecified atom stereocenters. The summed E-state index contributed by atoms with van der Waals surface area (Å²) in [6.07, 6.45) is 9.36. The molecule has 3 aromatic heterocycles. The zero-order valence-electron chi connectivity index (χ0n) is 17.6. The third kappa shape index (κ3) is 4.34. The number of aromatic nitrogens is 4. The summed E-state index contributed by atoms with van der Waals surface area (Å²) >= 11 is 0. The van der Waals surface area contributed by atoms with E-state index in [-0.39, 0.29) is 5.91 Å². The summed E-state index contributed by atoms with van der Waals surface area (Å²) < 4.78 is 7.06. The number of piperidine rings is 1. The second-order valence-corrected chi connectivity index (χ2v) is 7.78. The summed E-state index contributed by atoms with van der Waals surface area (Å²) in [6, 6.07) is 6.21. The van der Waals surface area contributed by atoms with Gasteiger partial charge in [-0.2, -0.15) is 0 Å². The molecule has 8 heteroatoms. The molecule has 1 fully saturated rings. The van der Waals surface area contributed by atoms with Crippen LogP contribution in [0, 0.1) is 0 Å². The first-order valence-corrected chi connectivity index (χ1v) is 10.3. The van der Waals surface area contributed by atoms with Gasteiger partial charge in [-0.15, -0.1) is 0 Å². The minimum Gasteiger partial charge on any atom is -0.383 e. The van der Waals surface area contributed by atoms with E-state index in [1.165, 1.54) is 11.3 Å². The van der Waals surface area contributed by atoms with Crippen LogP contribution in [0.4, 0.5) is 0 Å². The van der Waals surface area contributed by atoms with Gasteiger partial charge in [0.05, 0.1) is 6.61 Å². The van der Waals surface area contributed by atoms with Crippen molar-refractivity contribution >= 4 is 11.6 Å². The maximum atomic E-state index is 12.8. The Bertz CT molecular complexity index is 982. The standard InChI is InChI=1S/C22H28N6O2/c1-26(13-14-30-2)22(29)20-21-24-10-5-19(28(21)16-25-20)18-6-11-27(12-7-18)15-17-3-8-23-9-4-17/h3-5,8-10,16,18H,6-7,11-15H2,1-2H3. The van der Waals surface area contributed by atoms with E-state index < -0.39 is 0 Å². The molecule has 4 rings (SSSR count). The van der Waals surface area contributed by atoms with Crippen molar-refractivity contribution in [2.45, 2.75) is 25.3 Å². The van der Waals surface area contributed by atoms with E-state index in [1.807, 2.05) is 16.8 Å². The fraction of sp³-hybridized carbons (Fsp3) is 0.455. The van der Waals surface area contributed by atoms with Crippen LogP contribution < -0.4 is 0 Å². The molecule has 4 heterocycles. The molecule has 30 heavy (non-hydrogen) atoms. The second kappa shape index (κ2) is 9.32. The molecule has 8 nitrogen and oxygen atoms in total. The number of nitrogens with zero attached hydrogens (tertiary/aromatic N) is 6. The topological polar surface area (TPSA) is 75.9 Å². The average molecular weight is 409 g/mol. The molecular weight excluding hydrogens is 380 g/mol. The molecule has 0 bridgehead atoms. The number of rotatable bonds is 7. The van der Waals surface area contributed by atoms with Crippen LogP contribution in [0.5, 0.6) is 0 Å². The quantitative estimate of drug-likeness (QED) is 0.597. The van der Waals surface area contributed by atoms with Crippen molar-refractivity contribution in [3.05, 3.63) is 60.1 Å². The molecule has 0 radical (unpaired) electrons. The Balaban J connectivity index is 1.46. The molecule has 1 saturated heterocycles. The van der Waals surface area contributed by atoms with Crippen molar-refractivity contribution in [1.82, 2.24) is 29.2 Å². The number of likely N-dealkylation sites (tertiary alicyclic amines) is 1. The summed E-state index contributed by atoms with van der Waals surface area (Å²) in [6.45, 7) is 4.04. The third-order valence-electron chi connectivity index (χ3n) is 5.80. The number of carbonyl (C=O) groups excluding carboxylic acids is 1. The van der Waals surface area contributed by atoms with Crippen LogP contribution in [0.15, 0.2) is 43.1 Å². The van der Waals surface area contributed by atoms with E-state index in [0.717, 1.165) is 32.5 Å². The predicted molar refractivity (Wildman–Crippen MR) is 113 cm³/mol. The second-order valence-electron chi connectivity index (χ2n) is 7.78. The Morgan fingerprint density at radius 2 is 1.93 bits per heavy atom. The van der Waals surface area contributed by atoms with Crippen molar-refractivity contribution in [2.75, 3.05) is 40.4 Å². The van der Waals surface area contributed by atoms with Gasteiger partial charge in [0, 0.05) is 57.4 Å². The van der Waals surface area contributed by atoms with Crippen LogP contribution in [0.25, 0.3) is 5.65 Å². The lowest BCUT2D eigenvalue weighted by molar-refractivity contribution is 0.0741. The highest BCUT2D eigenvalue weighted by Gasteiger charge is 2.25. The van der Waals surface area contributed by atoms with Gasteiger partial charge in [0.25, 0.3) is 5.91 Å². The summed E-state index contributed by atoms with van der Waals surface area (Å²) in [5.41, 5.74) is 3.49. The van der Waals surface area contributed by atoms with Crippen molar-refractivity contribution in [3.8, 4) is 0 Å². The van der Waals surface area contributed by atoms with E-state index >= 15 is 0 Å². The molecule has 1 aliphatic heterocycles. The minimum absolute atomic E-state index is 0.133. The predicted octanol–water partition coefficient (Wildman–Crippen LogP) is 2.22. The highest BCUT2D eigenvalue weighted by atomic mass is 16.5. The normalized spacial score (nSPS) is 15.5. The number of hydrogen-bond acceptors (Lipinski definition) is 6. The number of fused-ring (bicyclic) bond motifs is 1. The van der Waals surface area contributed by atoms with Gasteiger partial charge in [-0.25, -0.2) is 9.97 Å². The smallest absolute Gasteiger partial charge is 0.276 e. The van der Waals surface area contributed by atoms with Crippen LogP contribution in [0.1, 0.15) is 40.5 Å². The maximum absolute atomic E-state index is 12.8. The fourth-order valence-corrected chi connectivity index (χ4v) is 4.05. The van der Waals surface area contributed by atoms with Crippen LogP contribution >= 0.6 is 0 Å². The molecule has 0 N–H and O–H groups in total. The summed E-state index contributed by atoms with van der Waals surface area (Å²) in [4.78, 5) is 29.8. The molecule has 3 aromatic rings. The molecule has 0 atom stereocenters. The highest BCUT2D eigenvalue weighted by Crippen LogP contribution is 2.29. The van der Waals surface area contributed by atoms with Crippen LogP contribution in [0.3, 0.4) is 0 Å². The van der Waals surface area contributed by atoms with Gasteiger partial charge < -0.3 is 9.64 Å². The number of carbonyl (C=O) groups is 1. The van der Waals surface area contributed by atoms with Crippen molar-refractivity contribution < 1.29 is 9.53 Å². The number of hydrogen-bond donors (Lipinski definition) is 0. The van der Waals surface area contributed by atoms with Gasteiger partial charge in [-0.05, 0) is 49.7 Å². The summed E-state index contributed by atoms with van der Waals surface area (Å²) in [5.74, 6) is 0.291. The van der Waals surface area contributed by atoms with E-state index in [9.17, 15) is 4.79 Å². The van der Waals surface area contributed by atoms with Crippen LogP contribution in [-0.2, 0) is 11.3 Å². The Labute approximate surface area is 176 Å². The van der Waals surface area contributed by atoms with Crippen molar-refractivity contribution in [1.29, 1.82) is 0 Å². The van der Waals surface area contributed by atoms with E-state index in [0.29, 0.717) is 30.4 Å². The fourth-order valence-electron chi connectivity index (χ4n) is 4.05.